The Hall–Kier alpha value is -4.82. The molecule has 1 atom stereocenters. The van der Waals surface area contributed by atoms with Crippen LogP contribution in [0.1, 0.15) is 50.2 Å². The first kappa shape index (κ1) is 25.7. The maximum absolute atomic E-state index is 4.20. The summed E-state index contributed by atoms with van der Waals surface area (Å²) >= 11 is 0. The largest absolute Gasteiger partial charge is 0.312 e. The van der Waals surface area contributed by atoms with Crippen LogP contribution in [0.5, 0.6) is 0 Å². The van der Waals surface area contributed by atoms with Crippen LogP contribution >= 0.6 is 0 Å². The summed E-state index contributed by atoms with van der Waals surface area (Å²) in [4.78, 5) is 0. The second-order valence-electron chi connectivity index (χ2n) is 12.8. The molecule has 1 fully saturated rings. The molecule has 3 aliphatic carbocycles. The van der Waals surface area contributed by atoms with Gasteiger partial charge in [0.05, 0.1) is 27.8 Å². The molecule has 2 heteroatoms. The third-order valence-electron chi connectivity index (χ3n) is 10.1. The Labute approximate surface area is 258 Å². The summed E-state index contributed by atoms with van der Waals surface area (Å²) in [6.45, 7) is 6.60. The lowest BCUT2D eigenvalue weighted by atomic mass is 9.84. The molecule has 0 amide bonds. The van der Waals surface area contributed by atoms with E-state index in [0.717, 1.165) is 25.2 Å². The zero-order valence-corrected chi connectivity index (χ0v) is 25.3. The Balaban J connectivity index is 1.41. The Bertz CT molecular complexity index is 2290. The molecule has 6 aromatic rings. The van der Waals surface area contributed by atoms with Gasteiger partial charge in [0, 0.05) is 38.7 Å². The topological polar surface area (TPSA) is 9.86 Å². The van der Waals surface area contributed by atoms with Crippen molar-refractivity contribution >= 4 is 61.5 Å². The number of para-hydroxylation sites is 2. The molecule has 2 nitrogen and oxygen atoms in total. The van der Waals surface area contributed by atoms with Crippen LogP contribution in [-0.2, 0) is 0 Å². The molecular weight excluding hydrogens is 532 g/mol. The monoisotopic (exact) mass is 568 g/mol. The minimum absolute atomic E-state index is 0.433. The number of hydrogen-bond donors (Lipinski definition) is 0. The number of hydrogen-bond acceptors (Lipinski definition) is 0. The highest BCUT2D eigenvalue weighted by molar-refractivity contribution is 6.19. The van der Waals surface area contributed by atoms with Gasteiger partial charge in [-0.05, 0) is 85.1 Å². The van der Waals surface area contributed by atoms with Crippen LogP contribution in [0.25, 0.3) is 67.1 Å². The van der Waals surface area contributed by atoms with Crippen molar-refractivity contribution in [3.05, 3.63) is 132 Å². The normalized spacial score (nSPS) is 18.4. The average Bonchev–Trinajstić information content (AvgIpc) is 3.83. The third kappa shape index (κ3) is 3.73. The molecule has 2 heterocycles. The van der Waals surface area contributed by atoms with E-state index in [1.165, 1.54) is 84.5 Å². The quantitative estimate of drug-likeness (QED) is 0.183. The SMILES string of the molecule is C=CCC1=C(n2c3ccccc3c3cc4c(cc32)c2ccccc2n4-c2cccc3c2C=CCC=C3)C(C)CC=C1C1CC1. The van der Waals surface area contributed by atoms with E-state index in [0.29, 0.717) is 5.92 Å². The molecule has 4 aromatic carbocycles. The van der Waals surface area contributed by atoms with E-state index in [4.69, 9.17) is 0 Å². The van der Waals surface area contributed by atoms with Gasteiger partial charge < -0.3 is 9.13 Å². The average molecular weight is 569 g/mol. The fourth-order valence-electron chi connectivity index (χ4n) is 8.01. The second kappa shape index (κ2) is 9.86. The van der Waals surface area contributed by atoms with Crippen molar-refractivity contribution in [2.24, 2.45) is 11.8 Å². The van der Waals surface area contributed by atoms with Gasteiger partial charge in [0.2, 0.25) is 0 Å². The number of fused-ring (bicyclic) bond motifs is 7. The van der Waals surface area contributed by atoms with E-state index in [1.54, 1.807) is 5.57 Å². The summed E-state index contributed by atoms with van der Waals surface area (Å²) in [6.07, 6.45) is 19.3. The lowest BCUT2D eigenvalue weighted by Gasteiger charge is -2.29. The predicted octanol–water partition coefficient (Wildman–Crippen LogP) is 11.5. The van der Waals surface area contributed by atoms with Crippen molar-refractivity contribution in [2.45, 2.75) is 39.0 Å². The molecule has 1 unspecified atom stereocenters. The van der Waals surface area contributed by atoms with Crippen LogP contribution in [-0.4, -0.2) is 9.13 Å². The minimum Gasteiger partial charge on any atom is -0.312 e. The Kier molecular flexibility index (Phi) is 5.75. The fraction of sp³-hybridized carbons (Fsp3) is 0.190. The van der Waals surface area contributed by atoms with E-state index in [2.05, 4.69) is 138 Å². The highest BCUT2D eigenvalue weighted by Crippen LogP contribution is 2.49. The molecular formula is C42H36N2. The van der Waals surface area contributed by atoms with Crippen molar-refractivity contribution in [2.75, 3.05) is 0 Å². The minimum atomic E-state index is 0.433. The van der Waals surface area contributed by atoms with Gasteiger partial charge in [0.25, 0.3) is 0 Å². The second-order valence-corrected chi connectivity index (χ2v) is 12.8. The van der Waals surface area contributed by atoms with Gasteiger partial charge in [-0.1, -0.05) is 91.9 Å². The summed E-state index contributed by atoms with van der Waals surface area (Å²) < 4.78 is 5.12. The van der Waals surface area contributed by atoms with Crippen molar-refractivity contribution < 1.29 is 0 Å². The molecule has 9 rings (SSSR count). The van der Waals surface area contributed by atoms with Gasteiger partial charge in [0.15, 0.2) is 0 Å². The molecule has 2 aromatic heterocycles. The lowest BCUT2D eigenvalue weighted by molar-refractivity contribution is 0.698. The molecule has 0 N–H and O–H groups in total. The summed E-state index contributed by atoms with van der Waals surface area (Å²) in [5.41, 5.74) is 13.4. The van der Waals surface area contributed by atoms with Crippen molar-refractivity contribution in [3.63, 3.8) is 0 Å². The molecule has 0 bridgehead atoms. The maximum Gasteiger partial charge on any atom is 0.0549 e. The first-order valence-corrected chi connectivity index (χ1v) is 16.2. The van der Waals surface area contributed by atoms with Crippen molar-refractivity contribution in [3.8, 4) is 5.69 Å². The van der Waals surface area contributed by atoms with Crippen LogP contribution in [0, 0.1) is 11.8 Å². The highest BCUT2D eigenvalue weighted by atomic mass is 15.0. The van der Waals surface area contributed by atoms with Gasteiger partial charge in [0.1, 0.15) is 0 Å². The summed E-state index contributed by atoms with van der Waals surface area (Å²) in [5, 5.41) is 5.23. The fourth-order valence-corrected chi connectivity index (χ4v) is 8.01. The number of allylic oxidation sites excluding steroid dienone is 7. The van der Waals surface area contributed by atoms with E-state index < -0.39 is 0 Å². The predicted molar refractivity (Wildman–Crippen MR) is 189 cm³/mol. The van der Waals surface area contributed by atoms with Crippen LogP contribution in [0.2, 0.25) is 0 Å². The number of aromatic nitrogens is 2. The Morgan fingerprint density at radius 2 is 1.43 bits per heavy atom. The van der Waals surface area contributed by atoms with Crippen LogP contribution in [0.15, 0.2) is 121 Å². The van der Waals surface area contributed by atoms with Crippen LogP contribution in [0.3, 0.4) is 0 Å². The van der Waals surface area contributed by atoms with E-state index in [1.807, 2.05) is 0 Å². The van der Waals surface area contributed by atoms with E-state index >= 15 is 0 Å². The molecule has 0 radical (unpaired) electrons. The Morgan fingerprint density at radius 1 is 0.750 bits per heavy atom. The van der Waals surface area contributed by atoms with Gasteiger partial charge in [-0.25, -0.2) is 0 Å². The molecule has 214 valence electrons. The smallest absolute Gasteiger partial charge is 0.0549 e. The Morgan fingerprint density at radius 3 is 2.16 bits per heavy atom. The van der Waals surface area contributed by atoms with E-state index in [9.17, 15) is 0 Å². The van der Waals surface area contributed by atoms with Gasteiger partial charge >= 0.3 is 0 Å². The number of nitrogens with zero attached hydrogens (tertiary/aromatic N) is 2. The molecule has 0 spiro atoms. The number of rotatable bonds is 5. The van der Waals surface area contributed by atoms with Crippen LogP contribution in [0.4, 0.5) is 0 Å². The van der Waals surface area contributed by atoms with Gasteiger partial charge in [-0.3, -0.25) is 0 Å². The summed E-state index contributed by atoms with van der Waals surface area (Å²) in [6, 6.07) is 29.6. The first-order chi connectivity index (χ1) is 21.7. The van der Waals surface area contributed by atoms with Crippen LogP contribution < -0.4 is 0 Å². The maximum atomic E-state index is 4.20. The van der Waals surface area contributed by atoms with Crippen molar-refractivity contribution in [1.82, 2.24) is 9.13 Å². The standard InChI is InChI=1S/C42H36N2/c1-3-12-34-30(29-22-23-29)24-21-27(2)42(34)44-39-19-10-8-17-33(39)36-25-40-35(26-41(36)44)32-16-7-9-18-38(32)43(40)37-20-11-14-28-13-5-4-6-15-31(28)37/h3,5-11,13-20,24-27,29H,1,4,12,21-23H2,2H3. The molecule has 44 heavy (non-hydrogen) atoms. The molecule has 3 aliphatic rings. The highest BCUT2D eigenvalue weighted by Gasteiger charge is 2.33. The van der Waals surface area contributed by atoms with Gasteiger partial charge in [-0.2, -0.15) is 0 Å². The molecule has 1 saturated carbocycles. The molecule has 0 saturated heterocycles. The van der Waals surface area contributed by atoms with Gasteiger partial charge in [-0.15, -0.1) is 6.58 Å². The zero-order valence-electron chi connectivity index (χ0n) is 25.3. The third-order valence-corrected chi connectivity index (χ3v) is 10.1. The number of benzene rings is 4. The lowest BCUT2D eigenvalue weighted by Crippen LogP contribution is -2.15. The summed E-state index contributed by atoms with van der Waals surface area (Å²) in [7, 11) is 0. The summed E-state index contributed by atoms with van der Waals surface area (Å²) in [5.74, 6) is 1.15. The zero-order chi connectivity index (χ0) is 29.4. The first-order valence-electron chi connectivity index (χ1n) is 16.2. The molecule has 0 aliphatic heterocycles. The van der Waals surface area contributed by atoms with E-state index in [-0.39, 0.29) is 0 Å². The van der Waals surface area contributed by atoms with Crippen molar-refractivity contribution in [1.29, 1.82) is 0 Å².